The first-order valence-corrected chi connectivity index (χ1v) is 7.90. The fourth-order valence-corrected chi connectivity index (χ4v) is 2.17. The Labute approximate surface area is 150 Å². The van der Waals surface area contributed by atoms with Gasteiger partial charge in [0.05, 0.1) is 25.6 Å². The quantitative estimate of drug-likeness (QED) is 0.574. The van der Waals surface area contributed by atoms with E-state index < -0.39 is 24.3 Å². The van der Waals surface area contributed by atoms with E-state index in [0.717, 1.165) is 10.5 Å². The highest BCUT2D eigenvalue weighted by Crippen LogP contribution is 2.23. The van der Waals surface area contributed by atoms with Crippen LogP contribution in [0.3, 0.4) is 0 Å². The number of amides is 1. The van der Waals surface area contributed by atoms with Crippen molar-refractivity contribution in [1.29, 1.82) is 0 Å². The van der Waals surface area contributed by atoms with Crippen molar-refractivity contribution in [3.8, 4) is 11.3 Å². The molecule has 8 nitrogen and oxygen atoms in total. The molecule has 1 aromatic heterocycles. The highest BCUT2D eigenvalue weighted by molar-refractivity contribution is 6.05. The lowest BCUT2D eigenvalue weighted by Gasteiger charge is -2.18. The summed E-state index contributed by atoms with van der Waals surface area (Å²) in [5.74, 6) is -1.96. The Hall–Kier alpha value is -3.29. The number of benzene rings is 1. The Kier molecular flexibility index (Phi) is 6.37. The van der Waals surface area contributed by atoms with E-state index in [2.05, 4.69) is 9.97 Å². The number of methoxy groups -OCH3 is 1. The molecule has 0 radical (unpaired) electrons. The van der Waals surface area contributed by atoms with Crippen molar-refractivity contribution in [2.24, 2.45) is 0 Å². The molecule has 8 heteroatoms. The molecule has 0 aliphatic rings. The Bertz CT molecular complexity index is 808. The van der Waals surface area contributed by atoms with E-state index in [1.807, 2.05) is 30.3 Å². The van der Waals surface area contributed by atoms with Crippen molar-refractivity contribution >= 4 is 23.7 Å². The van der Waals surface area contributed by atoms with Crippen molar-refractivity contribution in [1.82, 2.24) is 9.97 Å². The molecule has 0 bridgehead atoms. The third-order valence-electron chi connectivity index (χ3n) is 3.50. The number of ether oxygens (including phenoxy) is 2. The van der Waals surface area contributed by atoms with Crippen LogP contribution < -0.4 is 4.90 Å². The molecule has 2 aromatic rings. The maximum absolute atomic E-state index is 12.3. The van der Waals surface area contributed by atoms with Crippen molar-refractivity contribution in [2.75, 3.05) is 25.7 Å². The van der Waals surface area contributed by atoms with Gasteiger partial charge in [0.25, 0.3) is 0 Å². The van der Waals surface area contributed by atoms with Crippen LogP contribution in [0.25, 0.3) is 11.3 Å². The summed E-state index contributed by atoms with van der Waals surface area (Å²) in [6.45, 7) is 1.82. The van der Waals surface area contributed by atoms with E-state index in [-0.39, 0.29) is 18.1 Å². The average Bonchev–Trinajstić information content (AvgIpc) is 2.67. The van der Waals surface area contributed by atoms with Gasteiger partial charge in [-0.3, -0.25) is 14.5 Å². The number of nitrogens with zero attached hydrogens (tertiary/aromatic N) is 3. The molecule has 0 atom stereocenters. The zero-order valence-corrected chi connectivity index (χ0v) is 14.8. The Morgan fingerprint density at radius 3 is 2.46 bits per heavy atom. The molecule has 26 heavy (non-hydrogen) atoms. The maximum atomic E-state index is 12.3. The molecule has 0 aliphatic heterocycles. The molecule has 0 saturated carbocycles. The molecule has 136 valence electrons. The Morgan fingerprint density at radius 1 is 1.15 bits per heavy atom. The Morgan fingerprint density at radius 2 is 1.85 bits per heavy atom. The van der Waals surface area contributed by atoms with Crippen LogP contribution in [0.5, 0.6) is 0 Å². The largest absolute Gasteiger partial charge is 0.466 e. The van der Waals surface area contributed by atoms with E-state index in [0.29, 0.717) is 5.69 Å². The first-order chi connectivity index (χ1) is 12.5. The summed E-state index contributed by atoms with van der Waals surface area (Å²) in [5.41, 5.74) is 1.12. The standard InChI is InChI=1S/C18H19N3O5/c1-4-26-15(23)10-14(22)21(2)17-16(18(24)25-3)19-11-13(20-17)12-8-6-5-7-9-12/h5-9,11H,4,10H2,1-3H3. The smallest absolute Gasteiger partial charge is 0.360 e. The van der Waals surface area contributed by atoms with Crippen molar-refractivity contribution < 1.29 is 23.9 Å². The molecule has 1 amide bonds. The van der Waals surface area contributed by atoms with E-state index >= 15 is 0 Å². The number of carbonyl (C=O) groups is 3. The minimum atomic E-state index is -0.733. The lowest BCUT2D eigenvalue weighted by Crippen LogP contribution is -2.31. The Balaban J connectivity index is 2.40. The molecule has 0 unspecified atom stereocenters. The first kappa shape index (κ1) is 19.0. The second-order valence-corrected chi connectivity index (χ2v) is 5.22. The van der Waals surface area contributed by atoms with Crippen LogP contribution in [-0.4, -0.2) is 48.6 Å². The zero-order valence-electron chi connectivity index (χ0n) is 14.8. The number of hydrogen-bond donors (Lipinski definition) is 0. The molecular weight excluding hydrogens is 338 g/mol. The van der Waals surface area contributed by atoms with Gasteiger partial charge in [-0.25, -0.2) is 14.8 Å². The number of hydrogen-bond acceptors (Lipinski definition) is 7. The predicted octanol–water partition coefficient (Wildman–Crippen LogP) is 1.85. The zero-order chi connectivity index (χ0) is 19.1. The number of esters is 2. The summed E-state index contributed by atoms with van der Waals surface area (Å²) >= 11 is 0. The lowest BCUT2D eigenvalue weighted by atomic mass is 10.1. The summed E-state index contributed by atoms with van der Waals surface area (Å²) in [5, 5.41) is 0. The highest BCUT2D eigenvalue weighted by atomic mass is 16.5. The minimum absolute atomic E-state index is 0.00695. The molecule has 0 aliphatic carbocycles. The molecular formula is C18H19N3O5. The SMILES string of the molecule is CCOC(=O)CC(=O)N(C)c1nc(-c2ccccc2)cnc1C(=O)OC. The van der Waals surface area contributed by atoms with E-state index in [1.165, 1.54) is 20.4 Å². The summed E-state index contributed by atoms with van der Waals surface area (Å²) in [6.07, 6.45) is 0.955. The van der Waals surface area contributed by atoms with Gasteiger partial charge in [0, 0.05) is 12.6 Å². The molecule has 1 heterocycles. The summed E-state index contributed by atoms with van der Waals surface area (Å²) < 4.78 is 9.48. The first-order valence-electron chi connectivity index (χ1n) is 7.90. The van der Waals surface area contributed by atoms with Crippen molar-refractivity contribution in [3.05, 3.63) is 42.2 Å². The van der Waals surface area contributed by atoms with Gasteiger partial charge in [0.1, 0.15) is 6.42 Å². The topological polar surface area (TPSA) is 98.7 Å². The minimum Gasteiger partial charge on any atom is -0.466 e. The van der Waals surface area contributed by atoms with Gasteiger partial charge in [-0.15, -0.1) is 0 Å². The molecule has 0 spiro atoms. The van der Waals surface area contributed by atoms with Crippen molar-refractivity contribution in [3.63, 3.8) is 0 Å². The van der Waals surface area contributed by atoms with Crippen LogP contribution in [0.4, 0.5) is 5.82 Å². The van der Waals surface area contributed by atoms with Crippen LogP contribution in [-0.2, 0) is 19.1 Å². The maximum Gasteiger partial charge on any atom is 0.360 e. The fourth-order valence-electron chi connectivity index (χ4n) is 2.17. The molecule has 2 rings (SSSR count). The van der Waals surface area contributed by atoms with Crippen LogP contribution >= 0.6 is 0 Å². The second kappa shape index (κ2) is 8.70. The van der Waals surface area contributed by atoms with Gasteiger partial charge >= 0.3 is 11.9 Å². The monoisotopic (exact) mass is 357 g/mol. The normalized spacial score (nSPS) is 10.1. The van der Waals surface area contributed by atoms with Gasteiger partial charge in [-0.1, -0.05) is 30.3 Å². The molecule has 0 saturated heterocycles. The molecule has 0 fully saturated rings. The fraction of sp³-hybridized carbons (Fsp3) is 0.278. The number of carbonyl (C=O) groups excluding carboxylic acids is 3. The van der Waals surface area contributed by atoms with Crippen molar-refractivity contribution in [2.45, 2.75) is 13.3 Å². The summed E-state index contributed by atoms with van der Waals surface area (Å²) in [7, 11) is 2.62. The summed E-state index contributed by atoms with van der Waals surface area (Å²) in [4.78, 5) is 45.5. The number of aromatic nitrogens is 2. The third-order valence-corrected chi connectivity index (χ3v) is 3.50. The number of anilines is 1. The van der Waals surface area contributed by atoms with Gasteiger partial charge in [-0.2, -0.15) is 0 Å². The predicted molar refractivity (Wildman–Crippen MR) is 93.5 cm³/mol. The highest BCUT2D eigenvalue weighted by Gasteiger charge is 2.25. The van der Waals surface area contributed by atoms with Gasteiger partial charge in [0.2, 0.25) is 5.91 Å². The van der Waals surface area contributed by atoms with Crippen LogP contribution in [0.1, 0.15) is 23.8 Å². The molecule has 0 N–H and O–H groups in total. The number of rotatable bonds is 6. The van der Waals surface area contributed by atoms with E-state index in [9.17, 15) is 14.4 Å². The van der Waals surface area contributed by atoms with Crippen LogP contribution in [0.2, 0.25) is 0 Å². The van der Waals surface area contributed by atoms with Gasteiger partial charge in [0.15, 0.2) is 11.5 Å². The molecule has 1 aromatic carbocycles. The summed E-state index contributed by atoms with van der Waals surface area (Å²) in [6, 6.07) is 9.18. The lowest BCUT2D eigenvalue weighted by molar-refractivity contribution is -0.145. The van der Waals surface area contributed by atoms with Gasteiger partial charge < -0.3 is 9.47 Å². The van der Waals surface area contributed by atoms with E-state index in [1.54, 1.807) is 6.92 Å². The van der Waals surface area contributed by atoms with Gasteiger partial charge in [-0.05, 0) is 6.92 Å². The van der Waals surface area contributed by atoms with Crippen LogP contribution in [0.15, 0.2) is 36.5 Å². The second-order valence-electron chi connectivity index (χ2n) is 5.22. The van der Waals surface area contributed by atoms with E-state index in [4.69, 9.17) is 9.47 Å². The third kappa shape index (κ3) is 4.41. The van der Waals surface area contributed by atoms with Crippen LogP contribution in [0, 0.1) is 0 Å². The average molecular weight is 357 g/mol.